The van der Waals surface area contributed by atoms with Crippen LogP contribution in [0.2, 0.25) is 0 Å². The van der Waals surface area contributed by atoms with E-state index in [-0.39, 0.29) is 17.8 Å². The summed E-state index contributed by atoms with van der Waals surface area (Å²) in [5.41, 5.74) is 2.25. The van der Waals surface area contributed by atoms with E-state index in [0.717, 1.165) is 54.0 Å². The molecule has 1 unspecified atom stereocenters. The van der Waals surface area contributed by atoms with Gasteiger partial charge in [-0.15, -0.1) is 26.6 Å². The molecule has 9 nitrogen and oxygen atoms in total. The molecule has 1 aliphatic heterocycles. The number of aromatic nitrogens is 6. The number of ether oxygens (including phenoxy) is 1. The molecule has 162 valence electrons. The van der Waals surface area contributed by atoms with Gasteiger partial charge in [-0.05, 0) is 51.0 Å². The molecular weight excluding hydrogens is 434 g/mol. The van der Waals surface area contributed by atoms with Gasteiger partial charge in [-0.2, -0.15) is 4.52 Å². The molecule has 4 aromatic rings. The summed E-state index contributed by atoms with van der Waals surface area (Å²) in [6.45, 7) is 3.26. The molecule has 0 aromatic carbocycles. The Hall–Kier alpha value is -2.24. The molecule has 1 amide bonds. The highest BCUT2D eigenvalue weighted by atomic mass is 32.2. The minimum absolute atomic E-state index is 0.0170. The summed E-state index contributed by atoms with van der Waals surface area (Å²) in [6, 6.07) is 0. The Morgan fingerprint density at radius 1 is 1.29 bits per heavy atom. The Morgan fingerprint density at radius 3 is 3.06 bits per heavy atom. The molecule has 1 saturated heterocycles. The van der Waals surface area contributed by atoms with Crippen LogP contribution in [0.5, 0.6) is 0 Å². The van der Waals surface area contributed by atoms with Crippen LogP contribution in [-0.4, -0.2) is 60.1 Å². The molecule has 1 N–H and O–H groups in total. The smallest absolute Gasteiger partial charge is 0.260 e. The first-order valence-electron chi connectivity index (χ1n) is 10.7. The van der Waals surface area contributed by atoms with Crippen molar-refractivity contribution in [3.63, 3.8) is 0 Å². The average molecular weight is 458 g/mol. The van der Waals surface area contributed by atoms with Crippen LogP contribution in [0.1, 0.15) is 41.9 Å². The van der Waals surface area contributed by atoms with Gasteiger partial charge in [-0.25, -0.2) is 9.38 Å². The van der Waals surface area contributed by atoms with E-state index >= 15 is 0 Å². The van der Waals surface area contributed by atoms with Crippen molar-refractivity contribution < 1.29 is 9.53 Å². The van der Waals surface area contributed by atoms with Crippen LogP contribution < -0.4 is 5.32 Å². The second kappa shape index (κ2) is 7.72. The third kappa shape index (κ3) is 3.30. The summed E-state index contributed by atoms with van der Waals surface area (Å²) in [6.07, 6.45) is 6.81. The van der Waals surface area contributed by atoms with Crippen LogP contribution in [-0.2, 0) is 22.4 Å². The summed E-state index contributed by atoms with van der Waals surface area (Å²) in [5.74, 6) is 1.63. The van der Waals surface area contributed by atoms with Gasteiger partial charge in [0.05, 0.1) is 17.2 Å². The third-order valence-electron chi connectivity index (χ3n) is 5.98. The number of hydrogen-bond acceptors (Lipinski definition) is 8. The van der Waals surface area contributed by atoms with E-state index in [1.165, 1.54) is 35.0 Å². The number of amides is 1. The molecule has 5 heterocycles. The van der Waals surface area contributed by atoms with E-state index in [0.29, 0.717) is 17.5 Å². The standard InChI is InChI=1S/C20H23N7O2S2/c1-11-22-17-16-13-6-2-3-7-14(13)31-18(16)26-19(27(17)25-11)23-24-20(26)30-10-15(28)21-9-12-5-4-8-29-12/h12H,2-10H2,1H3,(H,21,28). The SMILES string of the molecule is Cc1nc2c3c4c(sc3n3c(SCC(=O)NCC5CCCO5)nnc3n2n1)CCCC4. The molecular formula is C20H23N7O2S2. The lowest BCUT2D eigenvalue weighted by Gasteiger charge is -2.10. The first-order chi connectivity index (χ1) is 15.2. The monoisotopic (exact) mass is 457 g/mol. The zero-order valence-electron chi connectivity index (χ0n) is 17.3. The maximum absolute atomic E-state index is 12.4. The lowest BCUT2D eigenvalue weighted by Crippen LogP contribution is -2.32. The van der Waals surface area contributed by atoms with Gasteiger partial charge in [0, 0.05) is 18.0 Å². The van der Waals surface area contributed by atoms with Gasteiger partial charge in [-0.1, -0.05) is 11.8 Å². The zero-order chi connectivity index (χ0) is 20.9. The fraction of sp³-hybridized carbons (Fsp3) is 0.550. The lowest BCUT2D eigenvalue weighted by atomic mass is 9.97. The summed E-state index contributed by atoms with van der Waals surface area (Å²) in [7, 11) is 0. The van der Waals surface area contributed by atoms with Crippen molar-refractivity contribution in [2.75, 3.05) is 18.9 Å². The van der Waals surface area contributed by atoms with E-state index in [9.17, 15) is 4.79 Å². The van der Waals surface area contributed by atoms with Crippen molar-refractivity contribution in [1.29, 1.82) is 0 Å². The number of thioether (sulfide) groups is 1. The predicted octanol–water partition coefficient (Wildman–Crippen LogP) is 2.56. The predicted molar refractivity (Wildman–Crippen MR) is 119 cm³/mol. The van der Waals surface area contributed by atoms with E-state index in [1.807, 2.05) is 6.92 Å². The minimum atomic E-state index is -0.0170. The van der Waals surface area contributed by atoms with Crippen LogP contribution in [0.3, 0.4) is 0 Å². The molecule has 6 rings (SSSR count). The van der Waals surface area contributed by atoms with Gasteiger partial charge >= 0.3 is 0 Å². The first-order valence-corrected chi connectivity index (χ1v) is 12.5. The lowest BCUT2D eigenvalue weighted by molar-refractivity contribution is -0.119. The van der Waals surface area contributed by atoms with Crippen LogP contribution in [0, 0.1) is 6.92 Å². The normalized spacial score (nSPS) is 18.9. The molecule has 31 heavy (non-hydrogen) atoms. The molecule has 0 bridgehead atoms. The molecule has 0 radical (unpaired) electrons. The number of carbonyl (C=O) groups excluding carboxylic acids is 1. The Bertz CT molecular complexity index is 1300. The van der Waals surface area contributed by atoms with E-state index < -0.39 is 0 Å². The third-order valence-corrected chi connectivity index (χ3v) is 8.19. The Kier molecular flexibility index (Phi) is 4.84. The molecule has 0 spiro atoms. The van der Waals surface area contributed by atoms with Crippen molar-refractivity contribution in [3.8, 4) is 0 Å². The second-order valence-corrected chi connectivity index (χ2v) is 10.2. The maximum Gasteiger partial charge on any atom is 0.260 e. The highest BCUT2D eigenvalue weighted by Crippen LogP contribution is 2.39. The minimum Gasteiger partial charge on any atom is -0.376 e. The first kappa shape index (κ1) is 19.4. The Labute approximate surface area is 186 Å². The molecule has 0 saturated carbocycles. The van der Waals surface area contributed by atoms with Crippen LogP contribution >= 0.6 is 23.1 Å². The molecule has 2 aliphatic rings. The quantitative estimate of drug-likeness (QED) is 0.460. The maximum atomic E-state index is 12.4. The van der Waals surface area contributed by atoms with E-state index in [4.69, 9.17) is 9.72 Å². The number of carbonyl (C=O) groups is 1. The summed E-state index contributed by atoms with van der Waals surface area (Å²) in [5, 5.41) is 18.3. The van der Waals surface area contributed by atoms with Gasteiger partial charge < -0.3 is 10.1 Å². The molecule has 1 aliphatic carbocycles. The summed E-state index contributed by atoms with van der Waals surface area (Å²) in [4.78, 5) is 19.6. The fourth-order valence-corrected chi connectivity index (χ4v) is 6.74. The number of fused-ring (bicyclic) bond motifs is 8. The molecule has 11 heteroatoms. The Morgan fingerprint density at radius 2 is 2.19 bits per heavy atom. The summed E-state index contributed by atoms with van der Waals surface area (Å²) >= 11 is 3.21. The highest BCUT2D eigenvalue weighted by Gasteiger charge is 2.25. The fourth-order valence-electron chi connectivity index (χ4n) is 4.54. The number of nitrogens with one attached hydrogen (secondary N) is 1. The number of rotatable bonds is 5. The van der Waals surface area contributed by atoms with Gasteiger partial charge in [0.25, 0.3) is 5.78 Å². The van der Waals surface area contributed by atoms with Gasteiger partial charge in [-0.3, -0.25) is 4.79 Å². The van der Waals surface area contributed by atoms with Crippen LogP contribution in [0.4, 0.5) is 0 Å². The van der Waals surface area contributed by atoms with Crippen LogP contribution in [0.15, 0.2) is 5.16 Å². The van der Waals surface area contributed by atoms with Crippen molar-refractivity contribution in [3.05, 3.63) is 16.3 Å². The number of thiophene rings is 1. The topological polar surface area (TPSA) is 98.7 Å². The van der Waals surface area contributed by atoms with E-state index in [2.05, 4.69) is 25.0 Å². The number of aryl methyl sites for hydroxylation is 3. The second-order valence-electron chi connectivity index (χ2n) is 8.13. The van der Waals surface area contributed by atoms with Gasteiger partial charge in [0.15, 0.2) is 10.8 Å². The van der Waals surface area contributed by atoms with E-state index in [1.54, 1.807) is 15.9 Å². The number of hydrogen-bond donors (Lipinski definition) is 1. The van der Waals surface area contributed by atoms with Gasteiger partial charge in [0.2, 0.25) is 5.91 Å². The largest absolute Gasteiger partial charge is 0.376 e. The molecule has 1 fully saturated rings. The zero-order valence-corrected chi connectivity index (χ0v) is 18.9. The van der Waals surface area contributed by atoms with Crippen molar-refractivity contribution >= 4 is 50.6 Å². The highest BCUT2D eigenvalue weighted by molar-refractivity contribution is 7.99. The average Bonchev–Trinajstić information content (AvgIpc) is 3.54. The molecule has 4 aromatic heterocycles. The summed E-state index contributed by atoms with van der Waals surface area (Å²) < 4.78 is 9.43. The molecule has 1 atom stereocenters. The van der Waals surface area contributed by atoms with Gasteiger partial charge in [0.1, 0.15) is 10.7 Å². The van der Waals surface area contributed by atoms with Crippen molar-refractivity contribution in [2.24, 2.45) is 0 Å². The van der Waals surface area contributed by atoms with Crippen molar-refractivity contribution in [2.45, 2.75) is 56.7 Å². The number of nitrogens with zero attached hydrogens (tertiary/aromatic N) is 6. The Balaban J connectivity index is 1.37. The van der Waals surface area contributed by atoms with Crippen molar-refractivity contribution in [1.82, 2.24) is 34.5 Å². The van der Waals surface area contributed by atoms with Crippen LogP contribution in [0.25, 0.3) is 21.6 Å².